The van der Waals surface area contributed by atoms with Crippen LogP contribution in [0.5, 0.6) is 0 Å². The molecule has 1 saturated carbocycles. The minimum absolute atomic E-state index is 0.345. The van der Waals surface area contributed by atoms with E-state index in [-0.39, 0.29) is 0 Å². The summed E-state index contributed by atoms with van der Waals surface area (Å²) in [7, 11) is 2.12. The third-order valence-corrected chi connectivity index (χ3v) is 3.45. The van der Waals surface area contributed by atoms with Crippen molar-refractivity contribution in [1.82, 2.24) is 4.90 Å². The van der Waals surface area contributed by atoms with E-state index in [1.54, 1.807) is 0 Å². The fourth-order valence-corrected chi connectivity index (χ4v) is 2.19. The highest BCUT2D eigenvalue weighted by molar-refractivity contribution is 4.99. The lowest BCUT2D eigenvalue weighted by atomic mass is 9.89. The lowest BCUT2D eigenvalue weighted by Crippen LogP contribution is -2.42. The van der Waals surface area contributed by atoms with Crippen molar-refractivity contribution in [1.29, 1.82) is 0 Å². The number of rotatable bonds is 1. The van der Waals surface area contributed by atoms with Gasteiger partial charge in [-0.3, -0.25) is 0 Å². The number of hydrogen-bond donors (Lipinski definition) is 1. The molecule has 1 spiro atoms. The molecular formula is C9H17NO. The van der Waals surface area contributed by atoms with E-state index >= 15 is 0 Å². The highest BCUT2D eigenvalue weighted by atomic mass is 16.3. The smallest absolute Gasteiger partial charge is 0.0586 e. The molecule has 1 heterocycles. The highest BCUT2D eigenvalue weighted by Gasteiger charge is 2.46. The zero-order valence-corrected chi connectivity index (χ0v) is 7.21. The van der Waals surface area contributed by atoms with Gasteiger partial charge >= 0.3 is 0 Å². The van der Waals surface area contributed by atoms with Gasteiger partial charge in [-0.15, -0.1) is 0 Å². The Morgan fingerprint density at radius 3 is 2.73 bits per heavy atom. The van der Waals surface area contributed by atoms with E-state index in [0.717, 1.165) is 0 Å². The van der Waals surface area contributed by atoms with Crippen LogP contribution in [0.3, 0.4) is 0 Å². The predicted molar refractivity (Wildman–Crippen MR) is 44.4 cm³/mol. The first-order valence-corrected chi connectivity index (χ1v) is 4.57. The maximum Gasteiger partial charge on any atom is 0.0586 e. The predicted octanol–water partition coefficient (Wildman–Crippen LogP) is 0.853. The van der Waals surface area contributed by atoms with E-state index in [4.69, 9.17) is 5.11 Å². The van der Waals surface area contributed by atoms with Crippen LogP contribution in [0.4, 0.5) is 0 Å². The van der Waals surface area contributed by atoms with Crippen LogP contribution < -0.4 is 0 Å². The number of hydrogen-bond acceptors (Lipinski definition) is 2. The first-order chi connectivity index (χ1) is 5.26. The SMILES string of the molecule is CN1CCC2(CC2)CC1CO. The van der Waals surface area contributed by atoms with Crippen LogP contribution in [0.2, 0.25) is 0 Å². The Hall–Kier alpha value is -0.0800. The van der Waals surface area contributed by atoms with Crippen molar-refractivity contribution < 1.29 is 5.11 Å². The van der Waals surface area contributed by atoms with Crippen molar-refractivity contribution in [2.75, 3.05) is 20.2 Å². The van der Waals surface area contributed by atoms with Crippen LogP contribution in [0.25, 0.3) is 0 Å². The summed E-state index contributed by atoms with van der Waals surface area (Å²) in [5.74, 6) is 0. The summed E-state index contributed by atoms with van der Waals surface area (Å²) >= 11 is 0. The number of nitrogens with zero attached hydrogens (tertiary/aromatic N) is 1. The summed E-state index contributed by atoms with van der Waals surface area (Å²) in [6.45, 7) is 1.53. The molecule has 0 bridgehead atoms. The molecule has 64 valence electrons. The number of likely N-dealkylation sites (N-methyl/N-ethyl adjacent to an activating group) is 1. The van der Waals surface area contributed by atoms with Crippen molar-refractivity contribution in [3.8, 4) is 0 Å². The monoisotopic (exact) mass is 155 g/mol. The lowest BCUT2D eigenvalue weighted by Gasteiger charge is -2.36. The second-order valence-electron chi connectivity index (χ2n) is 4.27. The molecule has 1 atom stereocenters. The Labute approximate surface area is 68.2 Å². The van der Waals surface area contributed by atoms with Crippen molar-refractivity contribution in [2.24, 2.45) is 5.41 Å². The molecule has 1 saturated heterocycles. The van der Waals surface area contributed by atoms with Crippen LogP contribution in [0.15, 0.2) is 0 Å². The van der Waals surface area contributed by atoms with E-state index < -0.39 is 0 Å². The van der Waals surface area contributed by atoms with Crippen molar-refractivity contribution in [2.45, 2.75) is 31.7 Å². The molecule has 2 rings (SSSR count). The molecule has 1 aliphatic heterocycles. The molecule has 11 heavy (non-hydrogen) atoms. The van der Waals surface area contributed by atoms with Gasteiger partial charge < -0.3 is 10.0 Å². The van der Waals surface area contributed by atoms with Gasteiger partial charge in [0.25, 0.3) is 0 Å². The fraction of sp³-hybridized carbons (Fsp3) is 1.00. The number of aliphatic hydroxyl groups is 1. The van der Waals surface area contributed by atoms with E-state index in [0.29, 0.717) is 18.1 Å². The van der Waals surface area contributed by atoms with Gasteiger partial charge in [0, 0.05) is 6.04 Å². The first-order valence-electron chi connectivity index (χ1n) is 4.57. The number of aliphatic hydroxyl groups excluding tert-OH is 1. The highest BCUT2D eigenvalue weighted by Crippen LogP contribution is 2.54. The minimum atomic E-state index is 0.345. The van der Waals surface area contributed by atoms with Gasteiger partial charge in [-0.25, -0.2) is 0 Å². The Bertz CT molecular complexity index is 154. The van der Waals surface area contributed by atoms with Gasteiger partial charge in [0.15, 0.2) is 0 Å². The van der Waals surface area contributed by atoms with Crippen LogP contribution >= 0.6 is 0 Å². The zero-order valence-electron chi connectivity index (χ0n) is 7.21. The Morgan fingerprint density at radius 2 is 2.18 bits per heavy atom. The second kappa shape index (κ2) is 2.46. The maximum atomic E-state index is 9.08. The molecule has 2 aliphatic rings. The van der Waals surface area contributed by atoms with Gasteiger partial charge in [-0.05, 0) is 44.7 Å². The van der Waals surface area contributed by atoms with Gasteiger partial charge in [0.2, 0.25) is 0 Å². The Morgan fingerprint density at radius 1 is 1.45 bits per heavy atom. The fourth-order valence-electron chi connectivity index (χ4n) is 2.19. The molecule has 2 heteroatoms. The topological polar surface area (TPSA) is 23.5 Å². The van der Waals surface area contributed by atoms with Crippen LogP contribution in [0.1, 0.15) is 25.7 Å². The average molecular weight is 155 g/mol. The van der Waals surface area contributed by atoms with Crippen LogP contribution in [0, 0.1) is 5.41 Å². The Kier molecular flexibility index (Phi) is 1.69. The van der Waals surface area contributed by atoms with Crippen LogP contribution in [-0.2, 0) is 0 Å². The molecule has 1 unspecified atom stereocenters. The average Bonchev–Trinajstić information content (AvgIpc) is 2.76. The second-order valence-corrected chi connectivity index (χ2v) is 4.27. The quantitative estimate of drug-likeness (QED) is 0.607. The minimum Gasteiger partial charge on any atom is -0.395 e. The van der Waals surface area contributed by atoms with E-state index in [9.17, 15) is 0 Å². The largest absolute Gasteiger partial charge is 0.395 e. The molecule has 0 aromatic carbocycles. The maximum absolute atomic E-state index is 9.08. The lowest BCUT2D eigenvalue weighted by molar-refractivity contribution is 0.0783. The Balaban J connectivity index is 1.96. The summed E-state index contributed by atoms with van der Waals surface area (Å²) in [5.41, 5.74) is 0.680. The van der Waals surface area contributed by atoms with E-state index in [2.05, 4.69) is 11.9 Å². The van der Waals surface area contributed by atoms with E-state index in [1.165, 1.54) is 32.2 Å². The summed E-state index contributed by atoms with van der Waals surface area (Å²) in [4.78, 5) is 2.30. The first kappa shape index (κ1) is 7.56. The summed E-state index contributed by atoms with van der Waals surface area (Å²) in [6.07, 6.45) is 5.43. The summed E-state index contributed by atoms with van der Waals surface area (Å²) in [5, 5.41) is 9.08. The van der Waals surface area contributed by atoms with Crippen molar-refractivity contribution in [3.63, 3.8) is 0 Å². The summed E-state index contributed by atoms with van der Waals surface area (Å²) < 4.78 is 0. The normalized spacial score (nSPS) is 36.0. The molecule has 2 nitrogen and oxygen atoms in total. The van der Waals surface area contributed by atoms with Crippen LogP contribution in [-0.4, -0.2) is 36.2 Å². The standard InChI is InChI=1S/C9H17NO/c1-10-5-4-9(2-3-9)6-8(10)7-11/h8,11H,2-7H2,1H3. The molecule has 1 aliphatic carbocycles. The number of piperidine rings is 1. The molecule has 0 amide bonds. The third kappa shape index (κ3) is 1.30. The van der Waals surface area contributed by atoms with Gasteiger partial charge in [0.1, 0.15) is 0 Å². The third-order valence-electron chi connectivity index (χ3n) is 3.45. The molecule has 0 aromatic rings. The van der Waals surface area contributed by atoms with Gasteiger partial charge in [-0.1, -0.05) is 0 Å². The van der Waals surface area contributed by atoms with E-state index in [1.807, 2.05) is 0 Å². The molecule has 2 fully saturated rings. The molecule has 0 aromatic heterocycles. The zero-order chi connectivity index (χ0) is 7.90. The van der Waals surface area contributed by atoms with Gasteiger partial charge in [0.05, 0.1) is 6.61 Å². The number of likely N-dealkylation sites (tertiary alicyclic amines) is 1. The molecule has 1 N–H and O–H groups in total. The molecular weight excluding hydrogens is 138 g/mol. The summed E-state index contributed by atoms with van der Waals surface area (Å²) in [6, 6.07) is 0.450. The van der Waals surface area contributed by atoms with Crippen molar-refractivity contribution in [3.05, 3.63) is 0 Å². The molecule has 0 radical (unpaired) electrons. The van der Waals surface area contributed by atoms with Gasteiger partial charge in [-0.2, -0.15) is 0 Å². The van der Waals surface area contributed by atoms with Crippen molar-refractivity contribution >= 4 is 0 Å².